The number of rotatable bonds is 3. The molecule has 2 aliphatic heterocycles. The second-order valence-corrected chi connectivity index (χ2v) is 8.29. The minimum atomic E-state index is -0.297. The first-order valence-corrected chi connectivity index (χ1v) is 10.8. The van der Waals surface area contributed by atoms with Gasteiger partial charge in [0.25, 0.3) is 11.8 Å². The summed E-state index contributed by atoms with van der Waals surface area (Å²) in [5.74, 6) is -0.0165. The molecular formula is C21H22N4O3S. The van der Waals surface area contributed by atoms with Crippen LogP contribution in [0, 0.1) is 0 Å². The molecule has 2 amide bonds. The molecule has 4 heterocycles. The molecule has 1 N–H and O–H groups in total. The van der Waals surface area contributed by atoms with Crippen LogP contribution >= 0.6 is 11.3 Å². The molecule has 3 aromatic rings. The van der Waals surface area contributed by atoms with E-state index in [9.17, 15) is 9.59 Å². The van der Waals surface area contributed by atoms with Crippen LogP contribution < -0.4 is 0 Å². The summed E-state index contributed by atoms with van der Waals surface area (Å²) in [6.07, 6.45) is 1.44. The Bertz CT molecular complexity index is 1010. The SMILES string of the molecule is O=C(c1csc(-c2cc3ccccc3[nH]2)n1)N1CCN(C(=O)C2CCCO2)CC1. The number of carbonyl (C=O) groups is 2. The summed E-state index contributed by atoms with van der Waals surface area (Å²) < 4.78 is 5.49. The van der Waals surface area contributed by atoms with Gasteiger partial charge in [-0.2, -0.15) is 0 Å². The first-order chi connectivity index (χ1) is 14.2. The predicted molar refractivity (Wildman–Crippen MR) is 111 cm³/mol. The van der Waals surface area contributed by atoms with E-state index < -0.39 is 0 Å². The van der Waals surface area contributed by atoms with Crippen LogP contribution in [0.5, 0.6) is 0 Å². The molecule has 2 fully saturated rings. The van der Waals surface area contributed by atoms with E-state index in [1.54, 1.807) is 4.90 Å². The van der Waals surface area contributed by atoms with Gasteiger partial charge in [-0.25, -0.2) is 4.98 Å². The van der Waals surface area contributed by atoms with Crippen molar-refractivity contribution in [1.29, 1.82) is 0 Å². The Morgan fingerprint density at radius 1 is 1.14 bits per heavy atom. The number of nitrogens with zero attached hydrogens (tertiary/aromatic N) is 3. The number of H-pyrrole nitrogens is 1. The highest BCUT2D eigenvalue weighted by Gasteiger charge is 2.32. The number of hydrogen-bond donors (Lipinski definition) is 1. The number of carbonyl (C=O) groups excluding carboxylic acids is 2. The van der Waals surface area contributed by atoms with Crippen LogP contribution in [0.25, 0.3) is 21.6 Å². The standard InChI is InChI=1S/C21H22N4O3S/c26-20(24-7-9-25(10-8-24)21(27)18-6-3-11-28-18)17-13-29-19(23-17)16-12-14-4-1-2-5-15(14)22-16/h1-2,4-5,12-13,18,22H,3,6-11H2. The van der Waals surface area contributed by atoms with E-state index in [0.29, 0.717) is 38.5 Å². The van der Waals surface area contributed by atoms with Gasteiger partial charge in [-0.05, 0) is 25.0 Å². The van der Waals surface area contributed by atoms with Crippen LogP contribution in [0.2, 0.25) is 0 Å². The summed E-state index contributed by atoms with van der Waals surface area (Å²) in [5, 5.41) is 3.74. The van der Waals surface area contributed by atoms with Crippen LogP contribution in [0.3, 0.4) is 0 Å². The molecule has 29 heavy (non-hydrogen) atoms. The minimum Gasteiger partial charge on any atom is -0.368 e. The molecule has 7 nitrogen and oxygen atoms in total. The van der Waals surface area contributed by atoms with Gasteiger partial charge in [-0.15, -0.1) is 11.3 Å². The van der Waals surface area contributed by atoms with Crippen LogP contribution in [0.4, 0.5) is 0 Å². The van der Waals surface area contributed by atoms with Gasteiger partial charge in [0.2, 0.25) is 0 Å². The first-order valence-electron chi connectivity index (χ1n) is 9.92. The molecule has 150 valence electrons. The van der Waals surface area contributed by atoms with E-state index in [4.69, 9.17) is 4.74 Å². The van der Waals surface area contributed by atoms with Crippen molar-refractivity contribution in [3.8, 4) is 10.7 Å². The maximum atomic E-state index is 12.9. The van der Waals surface area contributed by atoms with Gasteiger partial charge in [0.15, 0.2) is 0 Å². The summed E-state index contributed by atoms with van der Waals surface area (Å²) in [5.41, 5.74) is 2.43. The number of para-hydroxylation sites is 1. The lowest BCUT2D eigenvalue weighted by Gasteiger charge is -2.35. The van der Waals surface area contributed by atoms with Crippen molar-refractivity contribution in [2.75, 3.05) is 32.8 Å². The molecule has 2 aromatic heterocycles. The predicted octanol–water partition coefficient (Wildman–Crippen LogP) is 2.75. The number of aromatic nitrogens is 2. The minimum absolute atomic E-state index is 0.0596. The van der Waals surface area contributed by atoms with Gasteiger partial charge in [0.1, 0.15) is 16.8 Å². The van der Waals surface area contributed by atoms with Gasteiger partial charge in [0, 0.05) is 49.1 Å². The second-order valence-electron chi connectivity index (χ2n) is 7.43. The maximum absolute atomic E-state index is 12.9. The van der Waals surface area contributed by atoms with Crippen molar-refractivity contribution >= 4 is 34.1 Å². The second kappa shape index (κ2) is 7.61. The zero-order chi connectivity index (χ0) is 19.8. The summed E-state index contributed by atoms with van der Waals surface area (Å²) in [6.45, 7) is 2.80. The third-order valence-corrected chi connectivity index (χ3v) is 6.44. The smallest absolute Gasteiger partial charge is 0.273 e. The van der Waals surface area contributed by atoms with E-state index in [1.165, 1.54) is 11.3 Å². The Kier molecular flexibility index (Phi) is 4.81. The number of hydrogen-bond acceptors (Lipinski definition) is 5. The van der Waals surface area contributed by atoms with Crippen molar-refractivity contribution in [1.82, 2.24) is 19.8 Å². The molecule has 2 aliphatic rings. The Morgan fingerprint density at radius 2 is 1.93 bits per heavy atom. The highest BCUT2D eigenvalue weighted by atomic mass is 32.1. The van der Waals surface area contributed by atoms with Gasteiger partial charge in [-0.1, -0.05) is 18.2 Å². The van der Waals surface area contributed by atoms with Crippen molar-refractivity contribution < 1.29 is 14.3 Å². The van der Waals surface area contributed by atoms with Crippen molar-refractivity contribution in [2.24, 2.45) is 0 Å². The van der Waals surface area contributed by atoms with Crippen LogP contribution in [0.1, 0.15) is 23.3 Å². The Labute approximate surface area is 172 Å². The number of thiazole rings is 1. The summed E-state index contributed by atoms with van der Waals surface area (Å²) in [4.78, 5) is 36.9. The van der Waals surface area contributed by atoms with E-state index in [-0.39, 0.29) is 17.9 Å². The zero-order valence-corrected chi connectivity index (χ0v) is 16.8. The van der Waals surface area contributed by atoms with Crippen LogP contribution in [-0.2, 0) is 9.53 Å². The van der Waals surface area contributed by atoms with E-state index in [0.717, 1.165) is 34.4 Å². The molecule has 0 bridgehead atoms. The summed E-state index contributed by atoms with van der Waals surface area (Å²) in [7, 11) is 0. The molecule has 0 saturated carbocycles. The van der Waals surface area contributed by atoms with E-state index in [2.05, 4.69) is 16.0 Å². The van der Waals surface area contributed by atoms with Gasteiger partial charge < -0.3 is 19.5 Å². The fourth-order valence-corrected chi connectivity index (χ4v) is 4.72. The maximum Gasteiger partial charge on any atom is 0.273 e. The number of aromatic amines is 1. The average molecular weight is 410 g/mol. The lowest BCUT2D eigenvalue weighted by atomic mass is 10.2. The number of amides is 2. The first kappa shape index (κ1) is 18.3. The molecule has 2 saturated heterocycles. The monoisotopic (exact) mass is 410 g/mol. The lowest BCUT2D eigenvalue weighted by molar-refractivity contribution is -0.142. The van der Waals surface area contributed by atoms with Crippen LogP contribution in [-0.4, -0.2) is 70.5 Å². The van der Waals surface area contributed by atoms with Gasteiger partial charge in [-0.3, -0.25) is 9.59 Å². The Hall–Kier alpha value is -2.71. The van der Waals surface area contributed by atoms with E-state index in [1.807, 2.05) is 34.5 Å². The topological polar surface area (TPSA) is 78.5 Å². The van der Waals surface area contributed by atoms with Gasteiger partial charge in [0.05, 0.1) is 5.69 Å². The normalized spacial score (nSPS) is 19.8. The molecule has 1 aromatic carbocycles. The molecule has 8 heteroatoms. The van der Waals surface area contributed by atoms with Gasteiger partial charge >= 0.3 is 0 Å². The largest absolute Gasteiger partial charge is 0.368 e. The number of fused-ring (bicyclic) bond motifs is 1. The molecule has 0 spiro atoms. The fraction of sp³-hybridized carbons (Fsp3) is 0.381. The van der Waals surface area contributed by atoms with Crippen molar-refractivity contribution in [2.45, 2.75) is 18.9 Å². The number of ether oxygens (including phenoxy) is 1. The number of nitrogens with one attached hydrogen (secondary N) is 1. The number of benzene rings is 1. The lowest BCUT2D eigenvalue weighted by Crippen LogP contribution is -2.52. The third kappa shape index (κ3) is 3.54. The van der Waals surface area contributed by atoms with Crippen molar-refractivity contribution in [3.05, 3.63) is 41.4 Å². The molecule has 1 atom stereocenters. The van der Waals surface area contributed by atoms with Crippen molar-refractivity contribution in [3.63, 3.8) is 0 Å². The summed E-state index contributed by atoms with van der Waals surface area (Å²) >= 11 is 1.46. The number of piperazine rings is 1. The van der Waals surface area contributed by atoms with E-state index >= 15 is 0 Å². The molecule has 0 aliphatic carbocycles. The highest BCUT2D eigenvalue weighted by Crippen LogP contribution is 2.27. The zero-order valence-electron chi connectivity index (χ0n) is 16.0. The highest BCUT2D eigenvalue weighted by molar-refractivity contribution is 7.13. The molecule has 0 radical (unpaired) electrons. The van der Waals surface area contributed by atoms with Crippen LogP contribution in [0.15, 0.2) is 35.7 Å². The molecule has 5 rings (SSSR count). The Morgan fingerprint density at radius 3 is 2.69 bits per heavy atom. The Balaban J connectivity index is 1.24. The third-order valence-electron chi connectivity index (χ3n) is 5.57. The summed E-state index contributed by atoms with van der Waals surface area (Å²) in [6, 6.07) is 10.1. The average Bonchev–Trinajstić information content (AvgIpc) is 3.52. The fourth-order valence-electron chi connectivity index (χ4n) is 3.95. The molecule has 1 unspecified atom stereocenters. The molecular weight excluding hydrogens is 388 g/mol. The quantitative estimate of drug-likeness (QED) is 0.720.